The van der Waals surface area contributed by atoms with E-state index in [1.165, 1.54) is 94.6 Å². The molecule has 0 N–H and O–H groups in total. The second-order valence-electron chi connectivity index (χ2n) is 15.0. The van der Waals surface area contributed by atoms with Crippen molar-refractivity contribution in [1.82, 2.24) is 0 Å². The van der Waals surface area contributed by atoms with Gasteiger partial charge in [-0.1, -0.05) is 112 Å². The van der Waals surface area contributed by atoms with Crippen LogP contribution in [0.15, 0.2) is 69.9 Å². The van der Waals surface area contributed by atoms with Gasteiger partial charge < -0.3 is 0 Å². The lowest BCUT2D eigenvalue weighted by atomic mass is 9.62. The standard InChI is InChI=1S/C40H66/c1-31(19-13-21-33(3)25-27-37-35(5)23-15-29-39(37,7)8)17-11-12-18-32(2)20-14-22-34(4)26-28-38-36(6)24-16-30-40(38,9)10/h17-18,21-22,25,27,36,38H,11-16,19-20,23-24,26,28-30H2,1-10H3/b27-25+,31-17+,32-18+,33-21+,34-22+/t36-,38-/m0/s1. The molecule has 0 aromatic carbocycles. The number of rotatable bonds is 14. The van der Waals surface area contributed by atoms with Crippen molar-refractivity contribution in [3.63, 3.8) is 0 Å². The lowest BCUT2D eigenvalue weighted by Gasteiger charge is -2.43. The summed E-state index contributed by atoms with van der Waals surface area (Å²) < 4.78 is 0. The van der Waals surface area contributed by atoms with E-state index in [1.54, 1.807) is 22.3 Å². The maximum absolute atomic E-state index is 2.51. The summed E-state index contributed by atoms with van der Waals surface area (Å²) in [6, 6.07) is 0. The molecular formula is C40H66. The summed E-state index contributed by atoms with van der Waals surface area (Å²) in [5, 5.41) is 0. The normalized spacial score (nSPS) is 24.8. The summed E-state index contributed by atoms with van der Waals surface area (Å²) in [6.07, 6.45) is 32.5. The molecule has 0 radical (unpaired) electrons. The van der Waals surface area contributed by atoms with E-state index >= 15 is 0 Å². The Morgan fingerprint density at radius 1 is 0.750 bits per heavy atom. The van der Waals surface area contributed by atoms with Crippen molar-refractivity contribution in [2.24, 2.45) is 22.7 Å². The molecule has 1 saturated carbocycles. The highest BCUT2D eigenvalue weighted by molar-refractivity contribution is 5.36. The van der Waals surface area contributed by atoms with Crippen molar-refractivity contribution < 1.29 is 0 Å². The average Bonchev–Trinajstić information content (AvgIpc) is 2.85. The van der Waals surface area contributed by atoms with Crippen molar-refractivity contribution in [3.05, 3.63) is 69.9 Å². The number of unbranched alkanes of at least 4 members (excludes halogenated alkanes) is 1. The van der Waals surface area contributed by atoms with E-state index in [9.17, 15) is 0 Å². The Hall–Kier alpha value is -1.56. The molecule has 0 unspecified atom stereocenters. The van der Waals surface area contributed by atoms with E-state index < -0.39 is 0 Å². The fourth-order valence-electron chi connectivity index (χ4n) is 7.43. The van der Waals surface area contributed by atoms with Crippen LogP contribution in [-0.4, -0.2) is 0 Å². The van der Waals surface area contributed by atoms with Crippen molar-refractivity contribution in [2.45, 2.75) is 159 Å². The molecule has 0 heterocycles. The van der Waals surface area contributed by atoms with E-state index in [2.05, 4.69) is 106 Å². The molecule has 0 bridgehead atoms. The van der Waals surface area contributed by atoms with Gasteiger partial charge in [-0.05, 0) is 140 Å². The summed E-state index contributed by atoms with van der Waals surface area (Å²) in [4.78, 5) is 0. The van der Waals surface area contributed by atoms with Crippen LogP contribution in [0.4, 0.5) is 0 Å². The third-order valence-electron chi connectivity index (χ3n) is 10.3. The quantitative estimate of drug-likeness (QED) is 0.115. The summed E-state index contributed by atoms with van der Waals surface area (Å²) in [5.41, 5.74) is 10.1. The minimum Gasteiger partial charge on any atom is -0.0853 e. The van der Waals surface area contributed by atoms with Crippen LogP contribution in [0, 0.1) is 22.7 Å². The highest BCUT2D eigenvalue weighted by Gasteiger charge is 2.36. The maximum atomic E-state index is 2.51. The Morgan fingerprint density at radius 2 is 1.32 bits per heavy atom. The van der Waals surface area contributed by atoms with Crippen molar-refractivity contribution in [2.75, 3.05) is 0 Å². The molecule has 40 heavy (non-hydrogen) atoms. The van der Waals surface area contributed by atoms with Crippen molar-refractivity contribution >= 4 is 0 Å². The molecule has 2 aliphatic rings. The second-order valence-corrected chi connectivity index (χ2v) is 15.0. The zero-order valence-corrected chi connectivity index (χ0v) is 28.5. The molecule has 0 aromatic heterocycles. The molecule has 2 aliphatic carbocycles. The van der Waals surface area contributed by atoms with Gasteiger partial charge in [-0.25, -0.2) is 0 Å². The van der Waals surface area contributed by atoms with Gasteiger partial charge in [-0.15, -0.1) is 0 Å². The molecule has 2 atom stereocenters. The van der Waals surface area contributed by atoms with Gasteiger partial charge in [0, 0.05) is 0 Å². The van der Waals surface area contributed by atoms with Crippen molar-refractivity contribution in [3.8, 4) is 0 Å². The Labute approximate surface area is 251 Å². The number of hydrogen-bond acceptors (Lipinski definition) is 0. The third kappa shape index (κ3) is 12.1. The fourth-order valence-corrected chi connectivity index (χ4v) is 7.43. The van der Waals surface area contributed by atoms with Crippen LogP contribution in [0.2, 0.25) is 0 Å². The molecule has 2 rings (SSSR count). The van der Waals surface area contributed by atoms with Gasteiger partial charge in [0.05, 0.1) is 0 Å². The van der Waals surface area contributed by atoms with E-state index in [-0.39, 0.29) is 0 Å². The summed E-state index contributed by atoms with van der Waals surface area (Å²) >= 11 is 0. The lowest BCUT2D eigenvalue weighted by molar-refractivity contribution is 0.0767. The van der Waals surface area contributed by atoms with Crippen LogP contribution in [0.3, 0.4) is 0 Å². The number of allylic oxidation sites excluding steroid dienone is 12. The van der Waals surface area contributed by atoms with Gasteiger partial charge in [0.15, 0.2) is 0 Å². The molecule has 0 spiro atoms. The summed E-state index contributed by atoms with van der Waals surface area (Å²) in [6.45, 7) is 23.9. The monoisotopic (exact) mass is 547 g/mol. The van der Waals surface area contributed by atoms with E-state index in [1.807, 2.05) is 0 Å². The Kier molecular flexibility index (Phi) is 14.5. The van der Waals surface area contributed by atoms with Gasteiger partial charge in [0.1, 0.15) is 0 Å². The minimum absolute atomic E-state index is 0.325. The molecule has 0 saturated heterocycles. The first-order valence-electron chi connectivity index (χ1n) is 16.8. The van der Waals surface area contributed by atoms with Gasteiger partial charge in [-0.2, -0.15) is 0 Å². The predicted octanol–water partition coefficient (Wildman–Crippen LogP) is 13.4. The third-order valence-corrected chi connectivity index (χ3v) is 10.3. The smallest absolute Gasteiger partial charge is 0.0104 e. The van der Waals surface area contributed by atoms with Gasteiger partial charge >= 0.3 is 0 Å². The van der Waals surface area contributed by atoms with Crippen molar-refractivity contribution in [1.29, 1.82) is 0 Å². The zero-order chi connectivity index (χ0) is 29.8. The summed E-state index contributed by atoms with van der Waals surface area (Å²) in [5.74, 6) is 1.78. The highest BCUT2D eigenvalue weighted by Crippen LogP contribution is 2.46. The first-order chi connectivity index (χ1) is 18.8. The van der Waals surface area contributed by atoms with Gasteiger partial charge in [0.2, 0.25) is 0 Å². The van der Waals surface area contributed by atoms with Crippen LogP contribution in [0.5, 0.6) is 0 Å². The van der Waals surface area contributed by atoms with Crippen LogP contribution >= 0.6 is 0 Å². The average molecular weight is 547 g/mol. The number of hydrogen-bond donors (Lipinski definition) is 0. The van der Waals surface area contributed by atoms with Crippen LogP contribution < -0.4 is 0 Å². The molecule has 0 heteroatoms. The maximum Gasteiger partial charge on any atom is -0.0104 e. The molecule has 0 aromatic rings. The molecule has 226 valence electrons. The Morgan fingerprint density at radius 3 is 1.93 bits per heavy atom. The van der Waals surface area contributed by atoms with E-state index in [4.69, 9.17) is 0 Å². The Bertz CT molecular complexity index is 968. The minimum atomic E-state index is 0.325. The zero-order valence-electron chi connectivity index (χ0n) is 28.5. The topological polar surface area (TPSA) is 0 Å². The van der Waals surface area contributed by atoms with Crippen LogP contribution in [-0.2, 0) is 0 Å². The first-order valence-corrected chi connectivity index (χ1v) is 16.8. The summed E-state index contributed by atoms with van der Waals surface area (Å²) in [7, 11) is 0. The molecule has 0 nitrogen and oxygen atoms in total. The highest BCUT2D eigenvalue weighted by atomic mass is 14.4. The van der Waals surface area contributed by atoms with Crippen LogP contribution in [0.25, 0.3) is 0 Å². The molecule has 1 fully saturated rings. The second kappa shape index (κ2) is 16.8. The fraction of sp³-hybridized carbons (Fsp3) is 0.700. The van der Waals surface area contributed by atoms with Gasteiger partial charge in [-0.3, -0.25) is 0 Å². The SMILES string of the molecule is CC1=C(/C=C/C(C)=C/CC/C(C)=C/CC/C=C(\C)CC/C=C(\C)CC[C@H]2[C@@H](C)CCCC2(C)C)C(C)(C)CCC1. The molecular weight excluding hydrogens is 480 g/mol. The predicted molar refractivity (Wildman–Crippen MR) is 182 cm³/mol. The van der Waals surface area contributed by atoms with E-state index in [0.29, 0.717) is 10.8 Å². The molecule has 0 amide bonds. The first kappa shape index (κ1) is 34.6. The Balaban J connectivity index is 1.67. The largest absolute Gasteiger partial charge is 0.0853 e. The lowest BCUT2D eigenvalue weighted by Crippen LogP contribution is -2.33. The van der Waals surface area contributed by atoms with E-state index in [0.717, 1.165) is 18.3 Å². The molecule has 0 aliphatic heterocycles. The van der Waals surface area contributed by atoms with Crippen LogP contribution in [0.1, 0.15) is 159 Å². The van der Waals surface area contributed by atoms with Gasteiger partial charge in [0.25, 0.3) is 0 Å².